The number of anilines is 1. The number of aryl methyl sites for hydroxylation is 1. The minimum Gasteiger partial charge on any atom is -0.352 e. The fourth-order valence-corrected chi connectivity index (χ4v) is 2.37. The highest BCUT2D eigenvalue weighted by Crippen LogP contribution is 2.17. The van der Waals surface area contributed by atoms with E-state index in [1.54, 1.807) is 6.92 Å². The number of rotatable bonds is 5. The fourth-order valence-electron chi connectivity index (χ4n) is 1.82. The zero-order valence-electron chi connectivity index (χ0n) is 13.0. The van der Waals surface area contributed by atoms with Crippen molar-refractivity contribution < 1.29 is 14.0 Å². The van der Waals surface area contributed by atoms with Crippen LogP contribution in [-0.4, -0.2) is 27.9 Å². The fraction of sp³-hybridized carbons (Fsp3) is 0.333. The van der Waals surface area contributed by atoms with Gasteiger partial charge < -0.3 is 10.6 Å². The van der Waals surface area contributed by atoms with Gasteiger partial charge in [0.25, 0.3) is 11.8 Å². The number of nitrogens with zero attached hydrogens (tertiary/aromatic N) is 2. The van der Waals surface area contributed by atoms with Gasteiger partial charge >= 0.3 is 0 Å². The zero-order valence-corrected chi connectivity index (χ0v) is 13.8. The third-order valence-corrected chi connectivity index (χ3v) is 3.77. The second-order valence-electron chi connectivity index (χ2n) is 5.47. The maximum Gasteiger partial charge on any atom is 0.269 e. The van der Waals surface area contributed by atoms with Crippen molar-refractivity contribution in [2.24, 2.45) is 5.92 Å². The second kappa shape index (κ2) is 7.28. The Hall–Kier alpha value is -2.35. The molecular formula is C15H17FN4O2S. The average Bonchev–Trinajstić information content (AvgIpc) is 2.90. The minimum absolute atomic E-state index is 0.153. The molecule has 122 valence electrons. The summed E-state index contributed by atoms with van der Waals surface area (Å²) in [5, 5.41) is 9.02. The molecule has 0 saturated heterocycles. The van der Waals surface area contributed by atoms with Gasteiger partial charge in [-0.05, 0) is 42.6 Å². The number of hydrogen-bond acceptors (Lipinski definition) is 5. The van der Waals surface area contributed by atoms with Crippen molar-refractivity contribution >= 4 is 29.0 Å². The van der Waals surface area contributed by atoms with E-state index in [-0.39, 0.29) is 23.1 Å². The Morgan fingerprint density at radius 3 is 2.61 bits per heavy atom. The van der Waals surface area contributed by atoms with Gasteiger partial charge in [0.05, 0.1) is 5.69 Å². The quantitative estimate of drug-likeness (QED) is 0.879. The summed E-state index contributed by atoms with van der Waals surface area (Å²) in [7, 11) is 0. The normalized spacial score (nSPS) is 10.7. The Morgan fingerprint density at radius 2 is 2.00 bits per heavy atom. The van der Waals surface area contributed by atoms with Gasteiger partial charge in [-0.2, -0.15) is 0 Å². The van der Waals surface area contributed by atoms with Gasteiger partial charge in [-0.3, -0.25) is 9.59 Å². The van der Waals surface area contributed by atoms with E-state index in [0.29, 0.717) is 17.1 Å². The summed E-state index contributed by atoms with van der Waals surface area (Å²) >= 11 is 0.957. The third kappa shape index (κ3) is 4.56. The predicted molar refractivity (Wildman–Crippen MR) is 86.2 cm³/mol. The van der Waals surface area contributed by atoms with E-state index in [1.165, 1.54) is 6.07 Å². The van der Waals surface area contributed by atoms with Crippen LogP contribution in [-0.2, 0) is 0 Å². The van der Waals surface area contributed by atoms with Gasteiger partial charge in [0, 0.05) is 17.8 Å². The van der Waals surface area contributed by atoms with Crippen LogP contribution < -0.4 is 10.6 Å². The number of carbonyl (C=O) groups is 2. The zero-order chi connectivity index (χ0) is 17.0. The smallest absolute Gasteiger partial charge is 0.269 e. The summed E-state index contributed by atoms with van der Waals surface area (Å²) in [6.07, 6.45) is 0. The molecule has 1 heterocycles. The van der Waals surface area contributed by atoms with Crippen LogP contribution in [0.15, 0.2) is 18.2 Å². The molecule has 8 heteroatoms. The van der Waals surface area contributed by atoms with Crippen molar-refractivity contribution in [3.8, 4) is 0 Å². The number of halogens is 1. The van der Waals surface area contributed by atoms with Crippen LogP contribution in [0.5, 0.6) is 0 Å². The third-order valence-electron chi connectivity index (χ3n) is 2.95. The highest BCUT2D eigenvalue weighted by atomic mass is 32.1. The first-order valence-electron chi connectivity index (χ1n) is 7.06. The van der Waals surface area contributed by atoms with E-state index in [9.17, 15) is 14.0 Å². The molecule has 1 aromatic carbocycles. The largest absolute Gasteiger partial charge is 0.352 e. The van der Waals surface area contributed by atoms with Crippen molar-refractivity contribution in [3.63, 3.8) is 0 Å². The molecular weight excluding hydrogens is 319 g/mol. The van der Waals surface area contributed by atoms with Gasteiger partial charge in [-0.15, -0.1) is 5.10 Å². The van der Waals surface area contributed by atoms with Crippen molar-refractivity contribution in [1.29, 1.82) is 0 Å². The highest BCUT2D eigenvalue weighted by Gasteiger charge is 2.15. The Kier molecular flexibility index (Phi) is 5.38. The maximum absolute atomic E-state index is 13.7. The van der Waals surface area contributed by atoms with Crippen molar-refractivity contribution in [3.05, 3.63) is 40.2 Å². The summed E-state index contributed by atoms with van der Waals surface area (Å²) in [5.41, 5.74) is 0.858. The van der Waals surface area contributed by atoms with E-state index >= 15 is 0 Å². The number of amides is 2. The number of carbonyl (C=O) groups excluding carboxylic acids is 2. The van der Waals surface area contributed by atoms with Crippen LogP contribution in [0, 0.1) is 18.7 Å². The SMILES string of the molecule is Cc1nnsc1C(=O)Nc1cc(F)cc(C(=O)NCC(C)C)c1. The van der Waals surface area contributed by atoms with Crippen LogP contribution in [0.25, 0.3) is 0 Å². The van der Waals surface area contributed by atoms with Gasteiger partial charge in [-0.25, -0.2) is 4.39 Å². The lowest BCUT2D eigenvalue weighted by molar-refractivity contribution is 0.0947. The van der Waals surface area contributed by atoms with E-state index in [1.807, 2.05) is 13.8 Å². The van der Waals surface area contributed by atoms with E-state index in [0.717, 1.165) is 23.7 Å². The summed E-state index contributed by atoms with van der Waals surface area (Å²) in [6, 6.07) is 3.71. The van der Waals surface area contributed by atoms with E-state index in [4.69, 9.17) is 0 Å². The second-order valence-corrected chi connectivity index (χ2v) is 6.23. The van der Waals surface area contributed by atoms with Crippen molar-refractivity contribution in [2.75, 3.05) is 11.9 Å². The standard InChI is InChI=1S/C15H17FN4O2S/c1-8(2)7-17-14(21)10-4-11(16)6-12(5-10)18-15(22)13-9(3)19-20-23-13/h4-6,8H,7H2,1-3H3,(H,17,21)(H,18,22). The summed E-state index contributed by atoms with van der Waals surface area (Å²) in [6.45, 7) is 6.07. The monoisotopic (exact) mass is 336 g/mol. The Bertz CT molecular complexity index is 730. The predicted octanol–water partition coefficient (Wildman–Crippen LogP) is 2.62. The molecule has 1 aromatic heterocycles. The van der Waals surface area contributed by atoms with Crippen LogP contribution >= 0.6 is 11.5 Å². The molecule has 2 amide bonds. The topological polar surface area (TPSA) is 84.0 Å². The van der Waals surface area contributed by atoms with Gasteiger partial charge in [0.2, 0.25) is 0 Å². The van der Waals surface area contributed by atoms with Crippen molar-refractivity contribution in [1.82, 2.24) is 14.9 Å². The summed E-state index contributed by atoms with van der Waals surface area (Å²) < 4.78 is 17.4. The summed E-state index contributed by atoms with van der Waals surface area (Å²) in [4.78, 5) is 24.5. The van der Waals surface area contributed by atoms with Crippen LogP contribution in [0.2, 0.25) is 0 Å². The summed E-state index contributed by atoms with van der Waals surface area (Å²) in [5.74, 6) is -1.13. The number of aromatic nitrogens is 2. The van der Waals surface area contributed by atoms with Gasteiger partial charge in [-0.1, -0.05) is 18.3 Å². The molecule has 2 aromatic rings. The first-order chi connectivity index (χ1) is 10.9. The lowest BCUT2D eigenvalue weighted by atomic mass is 10.1. The molecule has 6 nitrogen and oxygen atoms in total. The molecule has 23 heavy (non-hydrogen) atoms. The highest BCUT2D eigenvalue weighted by molar-refractivity contribution is 7.08. The molecule has 0 atom stereocenters. The lowest BCUT2D eigenvalue weighted by Crippen LogP contribution is -2.27. The Morgan fingerprint density at radius 1 is 1.26 bits per heavy atom. The van der Waals surface area contributed by atoms with Crippen LogP contribution in [0.3, 0.4) is 0 Å². The molecule has 0 bridgehead atoms. The molecule has 0 saturated carbocycles. The molecule has 0 fully saturated rings. The molecule has 0 aliphatic carbocycles. The molecule has 0 aliphatic rings. The average molecular weight is 336 g/mol. The molecule has 2 N–H and O–H groups in total. The first kappa shape index (κ1) is 17.0. The Balaban J connectivity index is 2.15. The molecule has 0 unspecified atom stereocenters. The first-order valence-corrected chi connectivity index (χ1v) is 7.83. The minimum atomic E-state index is -0.600. The van der Waals surface area contributed by atoms with Crippen molar-refractivity contribution in [2.45, 2.75) is 20.8 Å². The maximum atomic E-state index is 13.7. The van der Waals surface area contributed by atoms with Crippen LogP contribution in [0.4, 0.5) is 10.1 Å². The molecule has 2 rings (SSSR count). The van der Waals surface area contributed by atoms with Gasteiger partial charge in [0.1, 0.15) is 10.7 Å². The number of hydrogen-bond donors (Lipinski definition) is 2. The van der Waals surface area contributed by atoms with Gasteiger partial charge in [0.15, 0.2) is 0 Å². The van der Waals surface area contributed by atoms with E-state index in [2.05, 4.69) is 20.2 Å². The van der Waals surface area contributed by atoms with E-state index < -0.39 is 11.7 Å². The Labute approximate surface area is 137 Å². The number of nitrogens with one attached hydrogen (secondary N) is 2. The number of benzene rings is 1. The molecule has 0 spiro atoms. The van der Waals surface area contributed by atoms with Crippen LogP contribution in [0.1, 0.15) is 39.6 Å². The lowest BCUT2D eigenvalue weighted by Gasteiger charge is -2.10. The molecule has 0 radical (unpaired) electrons. The molecule has 0 aliphatic heterocycles.